The van der Waals surface area contributed by atoms with Crippen LogP contribution in [-0.4, -0.2) is 30.6 Å². The molecular formula is C12H16ClN3S. The molecule has 1 aliphatic heterocycles. The van der Waals surface area contributed by atoms with E-state index in [-0.39, 0.29) is 0 Å². The summed E-state index contributed by atoms with van der Waals surface area (Å²) < 4.78 is 0. The Hall–Kier alpha value is -0.870. The fourth-order valence-corrected chi connectivity index (χ4v) is 2.68. The number of anilines is 1. The van der Waals surface area contributed by atoms with E-state index in [1.165, 1.54) is 0 Å². The van der Waals surface area contributed by atoms with Crippen LogP contribution in [0.15, 0.2) is 29.3 Å². The zero-order chi connectivity index (χ0) is 12.3. The lowest BCUT2D eigenvalue weighted by molar-refractivity contribution is 0.690. The maximum atomic E-state index is 6.01. The Kier molecular flexibility index (Phi) is 4.18. The van der Waals surface area contributed by atoms with Crippen molar-refractivity contribution in [2.24, 2.45) is 10.7 Å². The predicted octanol–water partition coefficient (Wildman–Crippen LogP) is 2.60. The number of halogens is 1. The average Bonchev–Trinajstić information content (AvgIpc) is 2.68. The molecule has 0 saturated heterocycles. The van der Waals surface area contributed by atoms with Gasteiger partial charge in [-0.1, -0.05) is 17.7 Å². The Morgan fingerprint density at radius 1 is 1.59 bits per heavy atom. The van der Waals surface area contributed by atoms with Crippen molar-refractivity contribution < 1.29 is 0 Å². The van der Waals surface area contributed by atoms with Crippen molar-refractivity contribution in [2.75, 3.05) is 23.5 Å². The highest BCUT2D eigenvalue weighted by Crippen LogP contribution is 2.25. The lowest BCUT2D eigenvalue weighted by atomic mass is 10.2. The zero-order valence-electron chi connectivity index (χ0n) is 9.77. The Labute approximate surface area is 111 Å². The summed E-state index contributed by atoms with van der Waals surface area (Å²) in [5.74, 6) is 1.71. The van der Waals surface area contributed by atoms with Crippen LogP contribution in [0.1, 0.15) is 6.42 Å². The van der Waals surface area contributed by atoms with Gasteiger partial charge in [-0.15, -0.1) is 0 Å². The van der Waals surface area contributed by atoms with E-state index in [4.69, 9.17) is 17.3 Å². The standard InChI is InChI=1S/C12H16ClN3S/c1-17-6-5-11-8-15-12(14)16(11)10-4-2-3-9(13)7-10/h2-4,7,11H,5-6,8H2,1H3,(H2,14,15). The maximum Gasteiger partial charge on any atom is 0.196 e. The minimum absolute atomic E-state index is 0.362. The normalized spacial score (nSPS) is 19.5. The smallest absolute Gasteiger partial charge is 0.196 e. The van der Waals surface area contributed by atoms with E-state index < -0.39 is 0 Å². The molecule has 1 unspecified atom stereocenters. The van der Waals surface area contributed by atoms with Crippen LogP contribution in [0.5, 0.6) is 0 Å². The summed E-state index contributed by atoms with van der Waals surface area (Å²) in [6.07, 6.45) is 3.20. The molecule has 0 aliphatic carbocycles. The Bertz CT molecular complexity index is 422. The van der Waals surface area contributed by atoms with E-state index >= 15 is 0 Å². The van der Waals surface area contributed by atoms with Crippen molar-refractivity contribution in [3.8, 4) is 0 Å². The summed E-state index contributed by atoms with van der Waals surface area (Å²) in [6.45, 7) is 0.777. The summed E-state index contributed by atoms with van der Waals surface area (Å²) in [5.41, 5.74) is 6.98. The third-order valence-corrected chi connectivity index (χ3v) is 3.70. The molecule has 2 N–H and O–H groups in total. The van der Waals surface area contributed by atoms with Crippen molar-refractivity contribution >= 4 is 35.0 Å². The van der Waals surface area contributed by atoms with E-state index in [1.807, 2.05) is 36.0 Å². The fourth-order valence-electron chi connectivity index (χ4n) is 1.99. The molecule has 0 saturated carbocycles. The quantitative estimate of drug-likeness (QED) is 0.914. The fraction of sp³-hybridized carbons (Fsp3) is 0.417. The number of guanidine groups is 1. The highest BCUT2D eigenvalue weighted by atomic mass is 35.5. The predicted molar refractivity (Wildman–Crippen MR) is 77.2 cm³/mol. The van der Waals surface area contributed by atoms with Gasteiger partial charge in [-0.3, -0.25) is 4.99 Å². The second kappa shape index (κ2) is 5.65. The number of hydrogen-bond acceptors (Lipinski definition) is 4. The largest absolute Gasteiger partial charge is 0.370 e. The first kappa shape index (κ1) is 12.6. The number of nitrogens with two attached hydrogens (primary N) is 1. The van der Waals surface area contributed by atoms with Crippen LogP contribution in [0.2, 0.25) is 5.02 Å². The number of benzene rings is 1. The van der Waals surface area contributed by atoms with Gasteiger partial charge in [0.1, 0.15) is 0 Å². The van der Waals surface area contributed by atoms with Crippen LogP contribution in [0, 0.1) is 0 Å². The zero-order valence-corrected chi connectivity index (χ0v) is 11.3. The average molecular weight is 270 g/mol. The van der Waals surface area contributed by atoms with Crippen molar-refractivity contribution in [3.05, 3.63) is 29.3 Å². The minimum Gasteiger partial charge on any atom is -0.370 e. The molecule has 1 aromatic rings. The van der Waals surface area contributed by atoms with Gasteiger partial charge < -0.3 is 10.6 Å². The molecule has 92 valence electrons. The molecule has 0 spiro atoms. The molecule has 0 amide bonds. The van der Waals surface area contributed by atoms with Gasteiger partial charge in [-0.05, 0) is 36.6 Å². The molecule has 1 heterocycles. The number of rotatable bonds is 4. The molecule has 3 nitrogen and oxygen atoms in total. The summed E-state index contributed by atoms with van der Waals surface area (Å²) in [6, 6.07) is 8.12. The summed E-state index contributed by atoms with van der Waals surface area (Å²) in [7, 11) is 0. The molecule has 2 rings (SSSR count). The Morgan fingerprint density at radius 2 is 2.41 bits per heavy atom. The van der Waals surface area contributed by atoms with E-state index in [2.05, 4.69) is 16.1 Å². The minimum atomic E-state index is 0.362. The van der Waals surface area contributed by atoms with E-state index in [9.17, 15) is 0 Å². The molecule has 0 bridgehead atoms. The van der Waals surface area contributed by atoms with Crippen LogP contribution >= 0.6 is 23.4 Å². The molecule has 17 heavy (non-hydrogen) atoms. The van der Waals surface area contributed by atoms with Gasteiger partial charge >= 0.3 is 0 Å². The molecule has 0 aromatic heterocycles. The van der Waals surface area contributed by atoms with Crippen molar-refractivity contribution in [1.29, 1.82) is 0 Å². The third kappa shape index (κ3) is 2.87. The number of thioether (sulfide) groups is 1. The number of aliphatic imine (C=N–C) groups is 1. The maximum absolute atomic E-state index is 6.01. The van der Waals surface area contributed by atoms with Crippen molar-refractivity contribution in [1.82, 2.24) is 0 Å². The monoisotopic (exact) mass is 269 g/mol. The number of hydrogen-bond donors (Lipinski definition) is 1. The highest BCUT2D eigenvalue weighted by Gasteiger charge is 2.26. The van der Waals surface area contributed by atoms with Crippen molar-refractivity contribution in [3.63, 3.8) is 0 Å². The van der Waals surface area contributed by atoms with Gasteiger partial charge in [0.05, 0.1) is 12.6 Å². The molecule has 0 radical (unpaired) electrons. The number of nitrogens with zero attached hydrogens (tertiary/aromatic N) is 2. The van der Waals surface area contributed by atoms with Crippen molar-refractivity contribution in [2.45, 2.75) is 12.5 Å². The van der Waals surface area contributed by atoms with Crippen LogP contribution in [-0.2, 0) is 0 Å². The van der Waals surface area contributed by atoms with Crippen LogP contribution in [0.4, 0.5) is 5.69 Å². The van der Waals surface area contributed by atoms with E-state index in [0.717, 1.165) is 29.4 Å². The van der Waals surface area contributed by atoms with Crippen LogP contribution in [0.25, 0.3) is 0 Å². The molecule has 5 heteroatoms. The summed E-state index contributed by atoms with van der Waals surface area (Å²) >= 11 is 7.86. The molecule has 1 aromatic carbocycles. The summed E-state index contributed by atoms with van der Waals surface area (Å²) in [4.78, 5) is 6.41. The second-order valence-electron chi connectivity index (χ2n) is 3.98. The Morgan fingerprint density at radius 3 is 3.12 bits per heavy atom. The molecule has 1 aliphatic rings. The SMILES string of the molecule is CSCCC1CN=C(N)N1c1cccc(Cl)c1. The van der Waals surface area contributed by atoms with Gasteiger partial charge in [0.15, 0.2) is 5.96 Å². The summed E-state index contributed by atoms with van der Waals surface area (Å²) in [5, 5.41) is 0.728. The second-order valence-corrected chi connectivity index (χ2v) is 5.41. The lowest BCUT2D eigenvalue weighted by Gasteiger charge is -2.26. The van der Waals surface area contributed by atoms with Gasteiger partial charge in [-0.25, -0.2) is 0 Å². The van der Waals surface area contributed by atoms with Gasteiger partial charge in [0.2, 0.25) is 0 Å². The van der Waals surface area contributed by atoms with E-state index in [1.54, 1.807) is 0 Å². The van der Waals surface area contributed by atoms with Crippen LogP contribution in [0.3, 0.4) is 0 Å². The van der Waals surface area contributed by atoms with Gasteiger partial charge in [-0.2, -0.15) is 11.8 Å². The molecule has 1 atom stereocenters. The van der Waals surface area contributed by atoms with Gasteiger partial charge in [0.25, 0.3) is 0 Å². The first-order valence-corrected chi connectivity index (χ1v) is 7.33. The highest BCUT2D eigenvalue weighted by molar-refractivity contribution is 7.98. The Balaban J connectivity index is 2.18. The first-order valence-electron chi connectivity index (χ1n) is 5.56. The van der Waals surface area contributed by atoms with E-state index in [0.29, 0.717) is 12.0 Å². The topological polar surface area (TPSA) is 41.6 Å². The third-order valence-electron chi connectivity index (χ3n) is 2.82. The molecule has 0 fully saturated rings. The lowest BCUT2D eigenvalue weighted by Crippen LogP contribution is -2.41. The van der Waals surface area contributed by atoms with Gasteiger partial charge in [0, 0.05) is 10.7 Å². The first-order chi connectivity index (χ1) is 8.22. The molecular weight excluding hydrogens is 254 g/mol. The van der Waals surface area contributed by atoms with Crippen LogP contribution < -0.4 is 10.6 Å².